The molecule has 0 bridgehead atoms. The Morgan fingerprint density at radius 2 is 1.94 bits per heavy atom. The van der Waals surface area contributed by atoms with E-state index in [4.69, 9.17) is 4.98 Å². The van der Waals surface area contributed by atoms with Crippen LogP contribution in [-0.4, -0.2) is 41.7 Å². The number of hydrogen-bond acceptors (Lipinski definition) is 5. The van der Waals surface area contributed by atoms with Crippen LogP contribution in [0.25, 0.3) is 11.3 Å². The van der Waals surface area contributed by atoms with Crippen molar-refractivity contribution >= 4 is 28.9 Å². The number of carbonyl (C=O) groups is 1. The fourth-order valence-corrected chi connectivity index (χ4v) is 4.82. The van der Waals surface area contributed by atoms with Gasteiger partial charge in [0.05, 0.1) is 23.3 Å². The Kier molecular flexibility index (Phi) is 6.60. The molecule has 2 aliphatic rings. The van der Waals surface area contributed by atoms with Crippen molar-refractivity contribution < 1.29 is 4.79 Å². The number of hydrogen-bond donors (Lipinski definition) is 2. The first-order valence-corrected chi connectivity index (χ1v) is 12.3. The molecule has 2 N–H and O–H groups in total. The molecular weight excluding hydrogens is 424 g/mol. The number of amides is 2. The number of nitrogens with one attached hydrogen (secondary N) is 2. The molecule has 0 radical (unpaired) electrons. The first kappa shape index (κ1) is 22.2. The lowest BCUT2D eigenvalue weighted by Crippen LogP contribution is -2.43. The van der Waals surface area contributed by atoms with E-state index in [1.807, 2.05) is 24.3 Å². The second kappa shape index (κ2) is 10.1. The highest BCUT2D eigenvalue weighted by molar-refractivity contribution is 6.03. The lowest BCUT2D eigenvalue weighted by atomic mass is 10.1. The molecule has 2 aromatic heterocycles. The molecule has 1 saturated heterocycles. The van der Waals surface area contributed by atoms with Gasteiger partial charge < -0.3 is 15.5 Å². The smallest absolute Gasteiger partial charge is 0.327 e. The second-order valence-electron chi connectivity index (χ2n) is 9.13. The topological polar surface area (TPSA) is 73.4 Å². The van der Waals surface area contributed by atoms with Crippen LogP contribution in [0, 0.1) is 0 Å². The molecule has 5 rings (SSSR count). The van der Waals surface area contributed by atoms with Gasteiger partial charge in [0, 0.05) is 43.1 Å². The van der Waals surface area contributed by atoms with Gasteiger partial charge in [0.1, 0.15) is 0 Å². The van der Waals surface area contributed by atoms with Gasteiger partial charge in [-0.1, -0.05) is 12.1 Å². The molecular formula is C27H32N6O. The average Bonchev–Trinajstić information content (AvgIpc) is 2.87. The maximum atomic E-state index is 13.4. The molecule has 2 amide bonds. The van der Waals surface area contributed by atoms with E-state index < -0.39 is 0 Å². The van der Waals surface area contributed by atoms with Crippen LogP contribution < -0.4 is 20.4 Å². The van der Waals surface area contributed by atoms with Crippen molar-refractivity contribution in [1.29, 1.82) is 0 Å². The van der Waals surface area contributed by atoms with Crippen LogP contribution in [0.1, 0.15) is 39.0 Å². The quantitative estimate of drug-likeness (QED) is 0.524. The molecule has 4 heterocycles. The van der Waals surface area contributed by atoms with Crippen LogP contribution in [0.3, 0.4) is 0 Å². The largest absolute Gasteiger partial charge is 0.382 e. The van der Waals surface area contributed by atoms with Crippen LogP contribution in [0.5, 0.6) is 0 Å². The SMILES string of the molecule is C[C@@H]1CCCNc2ccc(-c3cccc(N4CCCCC4)c3)nc2N1C(=O)Nc1cccnc1. The van der Waals surface area contributed by atoms with Gasteiger partial charge in [-0.15, -0.1) is 0 Å². The van der Waals surface area contributed by atoms with Gasteiger partial charge in [0.2, 0.25) is 0 Å². The number of rotatable bonds is 3. The molecule has 0 aliphatic carbocycles. The fourth-order valence-electron chi connectivity index (χ4n) is 4.82. The Balaban J connectivity index is 1.49. The maximum Gasteiger partial charge on any atom is 0.327 e. The van der Waals surface area contributed by atoms with Gasteiger partial charge in [-0.3, -0.25) is 9.88 Å². The Hall–Kier alpha value is -3.61. The Morgan fingerprint density at radius 3 is 2.76 bits per heavy atom. The number of aromatic nitrogens is 2. The third-order valence-corrected chi connectivity index (χ3v) is 6.65. The molecule has 1 atom stereocenters. The highest BCUT2D eigenvalue weighted by Gasteiger charge is 2.28. The normalized spacial score (nSPS) is 18.3. The number of piperidine rings is 1. The van der Waals surface area contributed by atoms with Gasteiger partial charge in [-0.2, -0.15) is 0 Å². The van der Waals surface area contributed by atoms with Crippen molar-refractivity contribution in [2.24, 2.45) is 0 Å². The molecule has 1 fully saturated rings. The van der Waals surface area contributed by atoms with Gasteiger partial charge in [0.25, 0.3) is 0 Å². The van der Waals surface area contributed by atoms with Crippen LogP contribution in [0.2, 0.25) is 0 Å². The minimum absolute atomic E-state index is 0.0138. The van der Waals surface area contributed by atoms with E-state index in [1.165, 1.54) is 24.9 Å². The minimum Gasteiger partial charge on any atom is -0.382 e. The monoisotopic (exact) mass is 456 g/mol. The first-order chi connectivity index (χ1) is 16.7. The Morgan fingerprint density at radius 1 is 1.06 bits per heavy atom. The zero-order valence-corrected chi connectivity index (χ0v) is 19.7. The first-order valence-electron chi connectivity index (χ1n) is 12.3. The summed E-state index contributed by atoms with van der Waals surface area (Å²) < 4.78 is 0. The predicted molar refractivity (Wildman–Crippen MR) is 139 cm³/mol. The molecule has 0 unspecified atom stereocenters. The summed E-state index contributed by atoms with van der Waals surface area (Å²) in [6.45, 7) is 5.15. The van der Waals surface area contributed by atoms with Crippen LogP contribution in [0.15, 0.2) is 60.9 Å². The number of fused-ring (bicyclic) bond motifs is 1. The number of pyridine rings is 2. The summed E-state index contributed by atoms with van der Waals surface area (Å²) >= 11 is 0. The molecule has 7 nitrogen and oxygen atoms in total. The molecule has 2 aliphatic heterocycles. The number of benzene rings is 1. The molecule has 1 aromatic carbocycles. The predicted octanol–water partition coefficient (Wildman–Crippen LogP) is 5.77. The summed E-state index contributed by atoms with van der Waals surface area (Å²) in [6, 6.07) is 16.2. The summed E-state index contributed by atoms with van der Waals surface area (Å²) in [7, 11) is 0. The summed E-state index contributed by atoms with van der Waals surface area (Å²) in [4.78, 5) is 26.8. The summed E-state index contributed by atoms with van der Waals surface area (Å²) in [5.41, 5.74) is 4.72. The third-order valence-electron chi connectivity index (χ3n) is 6.65. The van der Waals surface area contributed by atoms with Gasteiger partial charge in [0.15, 0.2) is 5.82 Å². The van der Waals surface area contributed by atoms with Crippen molar-refractivity contribution in [2.75, 3.05) is 40.1 Å². The maximum absolute atomic E-state index is 13.4. The molecule has 0 spiro atoms. The van der Waals surface area contributed by atoms with E-state index in [0.29, 0.717) is 11.5 Å². The van der Waals surface area contributed by atoms with Crippen molar-refractivity contribution in [3.8, 4) is 11.3 Å². The molecule has 176 valence electrons. The highest BCUT2D eigenvalue weighted by Crippen LogP contribution is 2.33. The summed E-state index contributed by atoms with van der Waals surface area (Å²) in [5, 5.41) is 6.46. The lowest BCUT2D eigenvalue weighted by molar-refractivity contribution is 0.254. The standard InChI is InChI=1S/C27H32N6O/c1-20-8-6-15-29-25-13-12-24(21-9-5-11-23(18-21)32-16-3-2-4-17-32)31-26(25)33(20)27(34)30-22-10-7-14-28-19-22/h5,7,9-14,18-20,29H,2-4,6,8,15-17H2,1H3,(H,30,34)/t20-/m1/s1. The van der Waals surface area contributed by atoms with Crippen LogP contribution >= 0.6 is 0 Å². The zero-order chi connectivity index (χ0) is 23.3. The molecule has 3 aromatic rings. The number of nitrogens with zero attached hydrogens (tertiary/aromatic N) is 4. The van der Waals surface area contributed by atoms with E-state index in [-0.39, 0.29) is 12.1 Å². The zero-order valence-electron chi connectivity index (χ0n) is 19.7. The van der Waals surface area contributed by atoms with E-state index in [2.05, 4.69) is 51.7 Å². The van der Waals surface area contributed by atoms with Crippen LogP contribution in [0.4, 0.5) is 27.7 Å². The van der Waals surface area contributed by atoms with E-state index >= 15 is 0 Å². The fraction of sp³-hybridized carbons (Fsp3) is 0.370. The highest BCUT2D eigenvalue weighted by atomic mass is 16.2. The lowest BCUT2D eigenvalue weighted by Gasteiger charge is -2.32. The van der Waals surface area contributed by atoms with Gasteiger partial charge in [-0.05, 0) is 75.4 Å². The Bertz CT molecular complexity index is 1130. The summed E-state index contributed by atoms with van der Waals surface area (Å²) in [5.74, 6) is 0.662. The molecule has 34 heavy (non-hydrogen) atoms. The third kappa shape index (κ3) is 4.83. The average molecular weight is 457 g/mol. The molecule has 0 saturated carbocycles. The number of anilines is 4. The van der Waals surface area contributed by atoms with Crippen molar-refractivity contribution in [2.45, 2.75) is 45.1 Å². The number of urea groups is 1. The minimum atomic E-state index is -0.197. The second-order valence-corrected chi connectivity index (χ2v) is 9.13. The van der Waals surface area contributed by atoms with Gasteiger partial charge >= 0.3 is 6.03 Å². The van der Waals surface area contributed by atoms with E-state index in [9.17, 15) is 4.79 Å². The van der Waals surface area contributed by atoms with Crippen LogP contribution in [-0.2, 0) is 0 Å². The van der Waals surface area contributed by atoms with Crippen molar-refractivity contribution in [1.82, 2.24) is 9.97 Å². The Labute approximate surface area is 201 Å². The van der Waals surface area contributed by atoms with E-state index in [0.717, 1.165) is 49.4 Å². The van der Waals surface area contributed by atoms with E-state index in [1.54, 1.807) is 17.3 Å². The molecule has 7 heteroatoms. The van der Waals surface area contributed by atoms with Gasteiger partial charge in [-0.25, -0.2) is 9.78 Å². The number of carbonyl (C=O) groups excluding carboxylic acids is 1. The van der Waals surface area contributed by atoms with Crippen molar-refractivity contribution in [3.63, 3.8) is 0 Å². The van der Waals surface area contributed by atoms with Crippen molar-refractivity contribution in [3.05, 3.63) is 60.9 Å². The summed E-state index contributed by atoms with van der Waals surface area (Å²) in [6.07, 6.45) is 9.02.